The Balaban J connectivity index is 1.63. The fourth-order valence-electron chi connectivity index (χ4n) is 3.96. The zero-order chi connectivity index (χ0) is 15.5. The molecule has 2 fully saturated rings. The Morgan fingerprint density at radius 2 is 1.62 bits per heavy atom. The average molecular weight is 294 g/mol. The minimum atomic E-state index is 0.231. The van der Waals surface area contributed by atoms with E-state index in [4.69, 9.17) is 0 Å². The van der Waals surface area contributed by atoms with Crippen molar-refractivity contribution in [3.05, 3.63) is 0 Å². The summed E-state index contributed by atoms with van der Waals surface area (Å²) in [5.74, 6) is 2.01. The minimum absolute atomic E-state index is 0.231. The molecule has 1 amide bonds. The molecule has 0 bridgehead atoms. The summed E-state index contributed by atoms with van der Waals surface area (Å²) in [6.07, 6.45) is 7.83. The van der Waals surface area contributed by atoms with Gasteiger partial charge in [-0.1, -0.05) is 20.8 Å². The van der Waals surface area contributed by atoms with E-state index in [0.717, 1.165) is 37.8 Å². The molecule has 1 aliphatic heterocycles. The Kier molecular flexibility index (Phi) is 5.70. The number of nitrogens with one attached hydrogen (secondary N) is 1. The van der Waals surface area contributed by atoms with E-state index in [1.54, 1.807) is 6.92 Å². The van der Waals surface area contributed by atoms with Gasteiger partial charge in [-0.2, -0.15) is 0 Å². The summed E-state index contributed by atoms with van der Waals surface area (Å²) in [6, 6.07) is 0.626. The van der Waals surface area contributed by atoms with Crippen molar-refractivity contribution in [3.63, 3.8) is 0 Å². The molecule has 1 aliphatic carbocycles. The predicted molar refractivity (Wildman–Crippen MR) is 88.2 cm³/mol. The van der Waals surface area contributed by atoms with E-state index in [2.05, 4.69) is 26.1 Å². The number of amides is 1. The fraction of sp³-hybridized carbons (Fsp3) is 0.944. The molecular weight excluding hydrogens is 260 g/mol. The smallest absolute Gasteiger partial charge is 0.219 e. The summed E-state index contributed by atoms with van der Waals surface area (Å²) >= 11 is 0. The van der Waals surface area contributed by atoms with Gasteiger partial charge >= 0.3 is 0 Å². The lowest BCUT2D eigenvalue weighted by molar-refractivity contribution is -0.129. The maximum Gasteiger partial charge on any atom is 0.219 e. The third kappa shape index (κ3) is 4.98. The molecule has 0 spiro atoms. The highest BCUT2D eigenvalue weighted by atomic mass is 16.2. The van der Waals surface area contributed by atoms with Gasteiger partial charge in [-0.15, -0.1) is 0 Å². The molecule has 0 radical (unpaired) electrons. The van der Waals surface area contributed by atoms with Crippen LogP contribution < -0.4 is 5.32 Å². The van der Waals surface area contributed by atoms with Gasteiger partial charge in [0.2, 0.25) is 5.91 Å². The lowest BCUT2D eigenvalue weighted by Gasteiger charge is -2.38. The molecule has 1 heterocycles. The lowest BCUT2D eigenvalue weighted by Crippen LogP contribution is -2.45. The van der Waals surface area contributed by atoms with Crippen LogP contribution in [0.3, 0.4) is 0 Å². The topological polar surface area (TPSA) is 32.3 Å². The molecule has 3 heteroatoms. The molecule has 0 unspecified atom stereocenters. The molecular formula is C18H34N2O. The summed E-state index contributed by atoms with van der Waals surface area (Å²) in [5.41, 5.74) is 0.484. The van der Waals surface area contributed by atoms with Gasteiger partial charge in [-0.05, 0) is 62.3 Å². The fourth-order valence-corrected chi connectivity index (χ4v) is 3.96. The Hall–Kier alpha value is -0.570. The Labute approximate surface area is 130 Å². The Morgan fingerprint density at radius 3 is 2.10 bits per heavy atom. The van der Waals surface area contributed by atoms with Gasteiger partial charge in [-0.3, -0.25) is 4.79 Å². The number of rotatable bonds is 3. The van der Waals surface area contributed by atoms with Crippen LogP contribution in [0.1, 0.15) is 66.2 Å². The number of piperidine rings is 1. The third-order valence-corrected chi connectivity index (χ3v) is 5.71. The van der Waals surface area contributed by atoms with E-state index in [1.807, 2.05) is 4.90 Å². The van der Waals surface area contributed by atoms with E-state index in [-0.39, 0.29) is 5.91 Å². The zero-order valence-corrected chi connectivity index (χ0v) is 14.5. The van der Waals surface area contributed by atoms with E-state index in [9.17, 15) is 4.79 Å². The molecule has 0 aromatic heterocycles. The van der Waals surface area contributed by atoms with E-state index < -0.39 is 0 Å². The predicted octanol–water partition coefficient (Wildman–Crippen LogP) is 3.44. The Morgan fingerprint density at radius 1 is 1.05 bits per heavy atom. The Bertz CT molecular complexity index is 332. The van der Waals surface area contributed by atoms with Crippen molar-refractivity contribution in [2.45, 2.75) is 72.3 Å². The first-order chi connectivity index (χ1) is 9.86. The zero-order valence-electron chi connectivity index (χ0n) is 14.5. The number of carbonyl (C=O) groups is 1. The van der Waals surface area contributed by atoms with Gasteiger partial charge in [0.25, 0.3) is 0 Å². The van der Waals surface area contributed by atoms with Crippen molar-refractivity contribution < 1.29 is 4.79 Å². The standard InChI is InChI=1S/C18H34N2O/c1-14(21)20-11-9-17(10-12-20)19-13-15-5-7-16(8-6-15)18(2,3)4/h15-17,19H,5-13H2,1-4H3. The van der Waals surface area contributed by atoms with Crippen molar-refractivity contribution in [3.8, 4) is 0 Å². The molecule has 21 heavy (non-hydrogen) atoms. The van der Waals surface area contributed by atoms with Gasteiger partial charge in [-0.25, -0.2) is 0 Å². The summed E-state index contributed by atoms with van der Waals surface area (Å²) in [7, 11) is 0. The third-order valence-electron chi connectivity index (χ3n) is 5.71. The number of nitrogens with zero attached hydrogens (tertiary/aromatic N) is 1. The second kappa shape index (κ2) is 7.13. The van der Waals surface area contributed by atoms with Gasteiger partial charge < -0.3 is 10.2 Å². The van der Waals surface area contributed by atoms with Crippen molar-refractivity contribution in [1.82, 2.24) is 10.2 Å². The maximum atomic E-state index is 11.3. The molecule has 2 aliphatic rings. The first-order valence-corrected chi connectivity index (χ1v) is 8.85. The highest BCUT2D eigenvalue weighted by Crippen LogP contribution is 2.39. The van der Waals surface area contributed by atoms with Crippen LogP contribution in [0, 0.1) is 17.3 Å². The van der Waals surface area contributed by atoms with E-state index in [1.165, 1.54) is 32.2 Å². The van der Waals surface area contributed by atoms with Crippen molar-refractivity contribution >= 4 is 5.91 Å². The van der Waals surface area contributed by atoms with Crippen LogP contribution in [-0.4, -0.2) is 36.5 Å². The summed E-state index contributed by atoms with van der Waals surface area (Å²) in [6.45, 7) is 11.9. The monoisotopic (exact) mass is 294 g/mol. The molecule has 122 valence electrons. The first-order valence-electron chi connectivity index (χ1n) is 8.85. The molecule has 2 rings (SSSR count). The normalized spacial score (nSPS) is 28.7. The van der Waals surface area contributed by atoms with Gasteiger partial charge in [0.05, 0.1) is 0 Å². The summed E-state index contributed by atoms with van der Waals surface area (Å²) in [4.78, 5) is 13.3. The number of hydrogen-bond acceptors (Lipinski definition) is 2. The molecule has 1 saturated carbocycles. The van der Waals surface area contributed by atoms with Crippen LogP contribution >= 0.6 is 0 Å². The van der Waals surface area contributed by atoms with Crippen LogP contribution in [-0.2, 0) is 4.79 Å². The van der Waals surface area contributed by atoms with Crippen LogP contribution in [0.5, 0.6) is 0 Å². The second-order valence-corrected chi connectivity index (χ2v) is 8.27. The largest absolute Gasteiger partial charge is 0.343 e. The van der Waals surface area contributed by atoms with Crippen molar-refractivity contribution in [2.75, 3.05) is 19.6 Å². The molecule has 0 aromatic carbocycles. The maximum absolute atomic E-state index is 11.3. The molecule has 1 saturated heterocycles. The van der Waals surface area contributed by atoms with Crippen LogP contribution in [0.15, 0.2) is 0 Å². The quantitative estimate of drug-likeness (QED) is 0.865. The van der Waals surface area contributed by atoms with E-state index in [0.29, 0.717) is 11.5 Å². The van der Waals surface area contributed by atoms with Gasteiger partial charge in [0, 0.05) is 26.1 Å². The first kappa shape index (κ1) is 16.8. The highest BCUT2D eigenvalue weighted by molar-refractivity contribution is 5.73. The van der Waals surface area contributed by atoms with Crippen molar-refractivity contribution in [2.24, 2.45) is 17.3 Å². The second-order valence-electron chi connectivity index (χ2n) is 8.27. The van der Waals surface area contributed by atoms with Gasteiger partial charge in [0.1, 0.15) is 0 Å². The molecule has 0 atom stereocenters. The van der Waals surface area contributed by atoms with Crippen LogP contribution in [0.25, 0.3) is 0 Å². The molecule has 1 N–H and O–H groups in total. The summed E-state index contributed by atoms with van der Waals surface area (Å²) in [5, 5.41) is 3.77. The number of carbonyl (C=O) groups excluding carboxylic acids is 1. The van der Waals surface area contributed by atoms with Crippen LogP contribution in [0.4, 0.5) is 0 Å². The highest BCUT2D eigenvalue weighted by Gasteiger charge is 2.30. The van der Waals surface area contributed by atoms with E-state index >= 15 is 0 Å². The van der Waals surface area contributed by atoms with Crippen molar-refractivity contribution in [1.29, 1.82) is 0 Å². The SMILES string of the molecule is CC(=O)N1CCC(NCC2CCC(C(C)(C)C)CC2)CC1. The average Bonchev–Trinajstić information content (AvgIpc) is 2.45. The van der Waals surface area contributed by atoms with Crippen LogP contribution in [0.2, 0.25) is 0 Å². The summed E-state index contributed by atoms with van der Waals surface area (Å²) < 4.78 is 0. The number of hydrogen-bond donors (Lipinski definition) is 1. The minimum Gasteiger partial charge on any atom is -0.343 e. The van der Waals surface area contributed by atoms with Gasteiger partial charge in [0.15, 0.2) is 0 Å². The lowest BCUT2D eigenvalue weighted by atomic mass is 9.70. The molecule has 0 aromatic rings. The molecule has 3 nitrogen and oxygen atoms in total. The number of likely N-dealkylation sites (tertiary alicyclic amines) is 1.